The predicted molar refractivity (Wildman–Crippen MR) is 81.2 cm³/mol. The van der Waals surface area contributed by atoms with E-state index in [1.165, 1.54) is 0 Å². The minimum Gasteiger partial charge on any atom is -0.492 e. The number of nitrogens with one attached hydrogen (secondary N) is 1. The van der Waals surface area contributed by atoms with Crippen LogP contribution in [0.25, 0.3) is 0 Å². The molecule has 0 aliphatic carbocycles. The summed E-state index contributed by atoms with van der Waals surface area (Å²) < 4.78 is 5.40. The smallest absolute Gasteiger partial charge is 0.138 e. The second kappa shape index (κ2) is 7.61. The molecule has 3 nitrogen and oxygen atoms in total. The van der Waals surface area contributed by atoms with Crippen LogP contribution in [0.1, 0.15) is 33.6 Å². The van der Waals surface area contributed by atoms with E-state index >= 15 is 0 Å². The highest BCUT2D eigenvalue weighted by molar-refractivity contribution is 6.32. The van der Waals surface area contributed by atoms with Gasteiger partial charge in [0.15, 0.2) is 0 Å². The molecular formula is C15H24ClNO2. The van der Waals surface area contributed by atoms with Crippen LogP contribution in [0.2, 0.25) is 5.02 Å². The number of anilines is 1. The van der Waals surface area contributed by atoms with Gasteiger partial charge < -0.3 is 15.2 Å². The van der Waals surface area contributed by atoms with E-state index in [0.29, 0.717) is 17.4 Å². The van der Waals surface area contributed by atoms with Crippen LogP contribution in [-0.4, -0.2) is 24.9 Å². The summed E-state index contributed by atoms with van der Waals surface area (Å²) in [6.07, 6.45) is 1.88. The lowest BCUT2D eigenvalue weighted by Crippen LogP contribution is -2.32. The van der Waals surface area contributed by atoms with Crippen molar-refractivity contribution in [2.45, 2.75) is 33.6 Å². The zero-order valence-electron chi connectivity index (χ0n) is 12.0. The fourth-order valence-electron chi connectivity index (χ4n) is 1.95. The molecule has 0 aliphatic heterocycles. The van der Waals surface area contributed by atoms with E-state index in [0.717, 1.165) is 25.1 Å². The molecule has 108 valence electrons. The Morgan fingerprint density at radius 2 is 1.95 bits per heavy atom. The van der Waals surface area contributed by atoms with Crippen LogP contribution in [0.4, 0.5) is 5.69 Å². The summed E-state index contributed by atoms with van der Waals surface area (Å²) in [6.45, 7) is 7.67. The molecule has 0 spiro atoms. The molecule has 0 atom stereocenters. The summed E-state index contributed by atoms with van der Waals surface area (Å²) in [7, 11) is 0. The molecular weight excluding hydrogens is 262 g/mol. The SMILES string of the molecule is CCOc1ccc(NCC(CC)(CC)CO)cc1Cl. The maximum atomic E-state index is 9.54. The summed E-state index contributed by atoms with van der Waals surface area (Å²) in [6, 6.07) is 5.68. The average Bonchev–Trinajstić information content (AvgIpc) is 2.44. The van der Waals surface area contributed by atoms with Gasteiger partial charge in [-0.25, -0.2) is 0 Å². The normalized spacial score (nSPS) is 11.4. The number of hydrogen-bond acceptors (Lipinski definition) is 3. The van der Waals surface area contributed by atoms with Crippen LogP contribution in [0.3, 0.4) is 0 Å². The summed E-state index contributed by atoms with van der Waals surface area (Å²) in [4.78, 5) is 0. The molecule has 0 radical (unpaired) electrons. The Kier molecular flexibility index (Phi) is 6.46. The van der Waals surface area contributed by atoms with Crippen molar-refractivity contribution >= 4 is 17.3 Å². The van der Waals surface area contributed by atoms with Gasteiger partial charge in [0.2, 0.25) is 0 Å². The molecule has 0 heterocycles. The van der Waals surface area contributed by atoms with Crippen molar-refractivity contribution in [2.75, 3.05) is 25.1 Å². The number of ether oxygens (including phenoxy) is 1. The molecule has 1 aromatic rings. The van der Waals surface area contributed by atoms with Gasteiger partial charge in [0.25, 0.3) is 0 Å². The number of halogens is 1. The van der Waals surface area contributed by atoms with Crippen LogP contribution in [0.15, 0.2) is 18.2 Å². The minimum absolute atomic E-state index is 0.0644. The Labute approximate surface area is 120 Å². The van der Waals surface area contributed by atoms with Crippen molar-refractivity contribution in [2.24, 2.45) is 5.41 Å². The fraction of sp³-hybridized carbons (Fsp3) is 0.600. The first-order valence-corrected chi connectivity index (χ1v) is 7.25. The van der Waals surface area contributed by atoms with Crippen molar-refractivity contribution < 1.29 is 9.84 Å². The molecule has 0 aromatic heterocycles. The third kappa shape index (κ3) is 4.29. The maximum Gasteiger partial charge on any atom is 0.138 e. The second-order valence-corrected chi connectivity index (χ2v) is 5.20. The zero-order chi connectivity index (χ0) is 14.3. The molecule has 0 bridgehead atoms. The predicted octanol–water partition coefficient (Wildman–Crippen LogP) is 3.95. The molecule has 2 N–H and O–H groups in total. The standard InChI is InChI=1S/C15H24ClNO2/c1-4-15(5-2,11-18)10-17-12-7-8-14(19-6-3)13(16)9-12/h7-9,17-18H,4-6,10-11H2,1-3H3. The van der Waals surface area contributed by atoms with Crippen LogP contribution in [0, 0.1) is 5.41 Å². The maximum absolute atomic E-state index is 9.54. The van der Waals surface area contributed by atoms with E-state index < -0.39 is 0 Å². The average molecular weight is 286 g/mol. The Morgan fingerprint density at radius 3 is 2.42 bits per heavy atom. The van der Waals surface area contributed by atoms with E-state index in [-0.39, 0.29) is 12.0 Å². The highest BCUT2D eigenvalue weighted by Gasteiger charge is 2.24. The molecule has 0 saturated heterocycles. The molecule has 1 rings (SSSR count). The van der Waals surface area contributed by atoms with Crippen molar-refractivity contribution in [1.82, 2.24) is 0 Å². The summed E-state index contributed by atoms with van der Waals surface area (Å²) in [5.74, 6) is 0.703. The summed E-state index contributed by atoms with van der Waals surface area (Å²) >= 11 is 6.15. The molecule has 0 saturated carbocycles. The van der Waals surface area contributed by atoms with Crippen LogP contribution >= 0.6 is 11.6 Å². The highest BCUT2D eigenvalue weighted by atomic mass is 35.5. The Balaban J connectivity index is 2.70. The van der Waals surface area contributed by atoms with Gasteiger partial charge in [-0.3, -0.25) is 0 Å². The molecule has 4 heteroatoms. The largest absolute Gasteiger partial charge is 0.492 e. The van der Waals surface area contributed by atoms with Gasteiger partial charge in [0.1, 0.15) is 5.75 Å². The van der Waals surface area contributed by atoms with Gasteiger partial charge in [-0.2, -0.15) is 0 Å². The first kappa shape index (κ1) is 16.1. The zero-order valence-corrected chi connectivity index (χ0v) is 12.8. The number of hydrogen-bond donors (Lipinski definition) is 2. The van der Waals surface area contributed by atoms with Crippen LogP contribution in [0.5, 0.6) is 5.75 Å². The monoisotopic (exact) mass is 285 g/mol. The topological polar surface area (TPSA) is 41.5 Å². The first-order valence-electron chi connectivity index (χ1n) is 6.88. The summed E-state index contributed by atoms with van der Waals surface area (Å²) in [5, 5.41) is 13.5. The third-order valence-corrected chi connectivity index (χ3v) is 4.03. The van der Waals surface area contributed by atoms with E-state index in [9.17, 15) is 5.11 Å². The number of aliphatic hydroxyl groups is 1. The van der Waals surface area contributed by atoms with E-state index in [2.05, 4.69) is 19.2 Å². The van der Waals surface area contributed by atoms with Crippen molar-refractivity contribution in [1.29, 1.82) is 0 Å². The van der Waals surface area contributed by atoms with Gasteiger partial charge in [0, 0.05) is 17.6 Å². The molecule has 19 heavy (non-hydrogen) atoms. The first-order chi connectivity index (χ1) is 9.10. The van der Waals surface area contributed by atoms with E-state index in [1.54, 1.807) is 0 Å². The highest BCUT2D eigenvalue weighted by Crippen LogP contribution is 2.30. The lowest BCUT2D eigenvalue weighted by atomic mass is 9.83. The Hall–Kier alpha value is -0.930. The Morgan fingerprint density at radius 1 is 1.26 bits per heavy atom. The summed E-state index contributed by atoms with van der Waals surface area (Å²) in [5.41, 5.74) is 0.888. The lowest BCUT2D eigenvalue weighted by molar-refractivity contribution is 0.127. The molecule has 0 amide bonds. The number of aliphatic hydroxyl groups excluding tert-OH is 1. The van der Waals surface area contributed by atoms with E-state index in [1.807, 2.05) is 25.1 Å². The number of benzene rings is 1. The van der Waals surface area contributed by atoms with Gasteiger partial charge >= 0.3 is 0 Å². The third-order valence-electron chi connectivity index (χ3n) is 3.73. The van der Waals surface area contributed by atoms with Gasteiger partial charge in [-0.1, -0.05) is 25.4 Å². The van der Waals surface area contributed by atoms with Crippen molar-refractivity contribution in [3.05, 3.63) is 23.2 Å². The lowest BCUT2D eigenvalue weighted by Gasteiger charge is -2.30. The second-order valence-electron chi connectivity index (χ2n) is 4.80. The van der Waals surface area contributed by atoms with Gasteiger partial charge in [0.05, 0.1) is 18.2 Å². The molecule has 1 aromatic carbocycles. The van der Waals surface area contributed by atoms with Crippen molar-refractivity contribution in [3.8, 4) is 5.75 Å². The fourth-order valence-corrected chi connectivity index (χ4v) is 2.19. The van der Waals surface area contributed by atoms with Gasteiger partial charge in [-0.05, 0) is 38.0 Å². The van der Waals surface area contributed by atoms with Crippen molar-refractivity contribution in [3.63, 3.8) is 0 Å². The molecule has 0 aliphatic rings. The van der Waals surface area contributed by atoms with E-state index in [4.69, 9.17) is 16.3 Å². The van der Waals surface area contributed by atoms with Crippen LogP contribution in [-0.2, 0) is 0 Å². The molecule has 0 fully saturated rings. The van der Waals surface area contributed by atoms with Gasteiger partial charge in [-0.15, -0.1) is 0 Å². The number of rotatable bonds is 8. The molecule has 0 unspecified atom stereocenters. The minimum atomic E-state index is -0.0644. The Bertz CT molecular complexity index is 383. The van der Waals surface area contributed by atoms with Crippen LogP contribution < -0.4 is 10.1 Å². The quantitative estimate of drug-likeness (QED) is 0.760.